The maximum Gasteiger partial charge on any atom is 0.230 e. The Morgan fingerprint density at radius 2 is 1.94 bits per heavy atom. The van der Waals surface area contributed by atoms with Gasteiger partial charge in [-0.3, -0.25) is 4.79 Å². The fourth-order valence-corrected chi connectivity index (χ4v) is 3.49. The molecule has 1 heterocycles. The van der Waals surface area contributed by atoms with Crippen molar-refractivity contribution in [2.75, 3.05) is 18.8 Å². The second kappa shape index (κ2) is 5.61. The van der Waals surface area contributed by atoms with Crippen molar-refractivity contribution in [3.63, 3.8) is 0 Å². The topological polar surface area (TPSA) is 41.1 Å². The highest BCUT2D eigenvalue weighted by Gasteiger charge is 2.38. The lowest BCUT2D eigenvalue weighted by Gasteiger charge is -2.27. The van der Waals surface area contributed by atoms with Crippen molar-refractivity contribution in [2.45, 2.75) is 50.3 Å². The lowest BCUT2D eigenvalue weighted by molar-refractivity contribution is -0.120. The van der Waals surface area contributed by atoms with Gasteiger partial charge in [-0.05, 0) is 58.5 Å². The summed E-state index contributed by atoms with van der Waals surface area (Å²) in [7, 11) is 0. The van der Waals surface area contributed by atoms with Crippen molar-refractivity contribution in [2.24, 2.45) is 5.92 Å². The number of hydrogen-bond donors (Lipinski definition) is 2. The van der Waals surface area contributed by atoms with Gasteiger partial charge in [-0.25, -0.2) is 0 Å². The van der Waals surface area contributed by atoms with Crippen LogP contribution in [-0.2, 0) is 4.79 Å². The smallest absolute Gasteiger partial charge is 0.230 e. The Morgan fingerprint density at radius 1 is 1.29 bits per heavy atom. The molecule has 0 spiro atoms. The third-order valence-corrected chi connectivity index (χ3v) is 5.17. The zero-order valence-corrected chi connectivity index (χ0v) is 11.7. The minimum absolute atomic E-state index is 0.00572. The van der Waals surface area contributed by atoms with Gasteiger partial charge in [0.05, 0.1) is 5.75 Å². The molecule has 1 saturated heterocycles. The van der Waals surface area contributed by atoms with Crippen LogP contribution in [-0.4, -0.2) is 35.5 Å². The molecular formula is C13H24N2OS. The fourth-order valence-electron chi connectivity index (χ4n) is 2.46. The Balaban J connectivity index is 1.66. The van der Waals surface area contributed by atoms with Gasteiger partial charge in [-0.1, -0.05) is 0 Å². The van der Waals surface area contributed by atoms with Gasteiger partial charge >= 0.3 is 0 Å². The number of carbonyl (C=O) groups excluding carboxylic acids is 1. The third kappa shape index (κ3) is 4.18. The molecule has 2 aliphatic rings. The number of amides is 1. The fraction of sp³-hybridized carbons (Fsp3) is 0.923. The zero-order chi connectivity index (χ0) is 12.3. The molecule has 0 aromatic carbocycles. The summed E-state index contributed by atoms with van der Waals surface area (Å²) in [6.45, 7) is 6.51. The second-order valence-corrected chi connectivity index (χ2v) is 7.09. The van der Waals surface area contributed by atoms with Crippen LogP contribution in [0.3, 0.4) is 0 Å². The van der Waals surface area contributed by atoms with Crippen molar-refractivity contribution >= 4 is 17.7 Å². The molecule has 98 valence electrons. The van der Waals surface area contributed by atoms with Crippen molar-refractivity contribution < 1.29 is 4.79 Å². The first-order valence-corrected chi connectivity index (χ1v) is 7.76. The van der Waals surface area contributed by atoms with E-state index in [0.29, 0.717) is 16.9 Å². The second-order valence-electron chi connectivity index (χ2n) is 5.80. The first-order valence-electron chi connectivity index (χ1n) is 6.71. The van der Waals surface area contributed by atoms with Crippen molar-refractivity contribution in [3.05, 3.63) is 0 Å². The van der Waals surface area contributed by atoms with Crippen LogP contribution in [0.5, 0.6) is 0 Å². The normalized spacial score (nSPS) is 22.5. The molecule has 2 N–H and O–H groups in total. The average molecular weight is 256 g/mol. The molecule has 2 rings (SSSR count). The predicted octanol–water partition coefficient (Wildman–Crippen LogP) is 1.78. The molecule has 0 unspecified atom stereocenters. The van der Waals surface area contributed by atoms with Crippen LogP contribution in [0.1, 0.15) is 39.5 Å². The molecule has 0 radical (unpaired) electrons. The molecule has 0 atom stereocenters. The first kappa shape index (κ1) is 13.2. The standard InChI is InChI=1S/C13H24N2OS/c1-13(2,10-3-4-10)15-12(16)9-17-11-5-7-14-8-6-11/h10-11,14H,3-9H2,1-2H3,(H,15,16). The predicted molar refractivity (Wildman–Crippen MR) is 73.3 cm³/mol. The highest BCUT2D eigenvalue weighted by atomic mass is 32.2. The zero-order valence-electron chi connectivity index (χ0n) is 10.9. The van der Waals surface area contributed by atoms with Crippen LogP contribution in [0.4, 0.5) is 0 Å². The Bertz CT molecular complexity index is 271. The van der Waals surface area contributed by atoms with Crippen LogP contribution in [0.2, 0.25) is 0 Å². The van der Waals surface area contributed by atoms with E-state index < -0.39 is 0 Å². The highest BCUT2D eigenvalue weighted by Crippen LogP contribution is 2.39. The van der Waals surface area contributed by atoms with Gasteiger partial charge in [0.25, 0.3) is 0 Å². The van der Waals surface area contributed by atoms with E-state index in [2.05, 4.69) is 24.5 Å². The van der Waals surface area contributed by atoms with E-state index >= 15 is 0 Å². The van der Waals surface area contributed by atoms with Gasteiger partial charge in [-0.15, -0.1) is 11.8 Å². The first-order chi connectivity index (χ1) is 8.08. The Morgan fingerprint density at radius 3 is 2.53 bits per heavy atom. The van der Waals surface area contributed by atoms with Crippen molar-refractivity contribution in [1.82, 2.24) is 10.6 Å². The third-order valence-electron chi connectivity index (χ3n) is 3.80. The van der Waals surface area contributed by atoms with Gasteiger partial charge < -0.3 is 10.6 Å². The van der Waals surface area contributed by atoms with E-state index in [1.165, 1.54) is 25.7 Å². The number of thioether (sulfide) groups is 1. The van der Waals surface area contributed by atoms with Gasteiger partial charge in [0.15, 0.2) is 0 Å². The van der Waals surface area contributed by atoms with Gasteiger partial charge in [0.1, 0.15) is 0 Å². The van der Waals surface area contributed by atoms with E-state index in [0.717, 1.165) is 13.1 Å². The molecule has 0 aromatic rings. The SMILES string of the molecule is CC(C)(NC(=O)CSC1CCNCC1)C1CC1. The summed E-state index contributed by atoms with van der Waals surface area (Å²) >= 11 is 1.83. The minimum atomic E-state index is 0.00572. The molecular weight excluding hydrogens is 232 g/mol. The molecule has 1 saturated carbocycles. The highest BCUT2D eigenvalue weighted by molar-refractivity contribution is 8.00. The number of piperidine rings is 1. The number of carbonyl (C=O) groups is 1. The molecule has 0 aromatic heterocycles. The summed E-state index contributed by atoms with van der Waals surface area (Å²) in [5.74, 6) is 1.54. The lowest BCUT2D eigenvalue weighted by Crippen LogP contribution is -2.46. The van der Waals surface area contributed by atoms with E-state index in [1.54, 1.807) is 0 Å². The Hall–Kier alpha value is -0.220. The number of rotatable bonds is 5. The Labute approximate surface area is 108 Å². The maximum absolute atomic E-state index is 11.9. The van der Waals surface area contributed by atoms with E-state index in [1.807, 2.05) is 11.8 Å². The maximum atomic E-state index is 11.9. The van der Waals surface area contributed by atoms with E-state index in [9.17, 15) is 4.79 Å². The summed E-state index contributed by atoms with van der Waals surface area (Å²) in [5.41, 5.74) is 0.00572. The molecule has 1 aliphatic carbocycles. The Kier molecular flexibility index (Phi) is 4.36. The molecule has 4 heteroatoms. The number of nitrogens with one attached hydrogen (secondary N) is 2. The van der Waals surface area contributed by atoms with Crippen molar-refractivity contribution in [3.8, 4) is 0 Å². The van der Waals surface area contributed by atoms with E-state index in [-0.39, 0.29) is 11.4 Å². The van der Waals surface area contributed by atoms with Crippen LogP contribution in [0.25, 0.3) is 0 Å². The van der Waals surface area contributed by atoms with Gasteiger partial charge in [0, 0.05) is 10.8 Å². The largest absolute Gasteiger partial charge is 0.350 e. The van der Waals surface area contributed by atoms with Gasteiger partial charge in [-0.2, -0.15) is 0 Å². The van der Waals surface area contributed by atoms with Crippen LogP contribution >= 0.6 is 11.8 Å². The molecule has 2 fully saturated rings. The van der Waals surface area contributed by atoms with Crippen LogP contribution < -0.4 is 10.6 Å². The van der Waals surface area contributed by atoms with Crippen LogP contribution in [0.15, 0.2) is 0 Å². The quantitative estimate of drug-likeness (QED) is 0.788. The summed E-state index contributed by atoms with van der Waals surface area (Å²) in [4.78, 5) is 11.9. The summed E-state index contributed by atoms with van der Waals surface area (Å²) in [5, 5.41) is 7.20. The summed E-state index contributed by atoms with van der Waals surface area (Å²) < 4.78 is 0. The molecule has 1 aliphatic heterocycles. The minimum Gasteiger partial charge on any atom is -0.350 e. The van der Waals surface area contributed by atoms with Gasteiger partial charge in [0.2, 0.25) is 5.91 Å². The lowest BCUT2D eigenvalue weighted by atomic mass is 9.99. The average Bonchev–Trinajstić information content (AvgIpc) is 3.11. The summed E-state index contributed by atoms with van der Waals surface area (Å²) in [6, 6.07) is 0. The van der Waals surface area contributed by atoms with Crippen LogP contribution in [0, 0.1) is 5.92 Å². The molecule has 1 amide bonds. The monoisotopic (exact) mass is 256 g/mol. The molecule has 3 nitrogen and oxygen atoms in total. The van der Waals surface area contributed by atoms with Crippen molar-refractivity contribution in [1.29, 1.82) is 0 Å². The van der Waals surface area contributed by atoms with E-state index in [4.69, 9.17) is 0 Å². The molecule has 17 heavy (non-hydrogen) atoms. The summed E-state index contributed by atoms with van der Waals surface area (Å²) in [6.07, 6.45) is 4.94. The molecule has 0 bridgehead atoms. The number of hydrogen-bond acceptors (Lipinski definition) is 3.